The molecule has 1 aliphatic rings. The normalized spacial score (nSPS) is 18.0. The molecule has 1 saturated carbocycles. The molecule has 2 rings (SSSR count). The van der Waals surface area contributed by atoms with Gasteiger partial charge in [-0.15, -0.1) is 0 Å². The van der Waals surface area contributed by atoms with Gasteiger partial charge in [-0.2, -0.15) is 0 Å². The highest BCUT2D eigenvalue weighted by molar-refractivity contribution is 5.89. The van der Waals surface area contributed by atoms with Crippen molar-refractivity contribution in [3.8, 4) is 0 Å². The van der Waals surface area contributed by atoms with Crippen molar-refractivity contribution >= 4 is 5.97 Å². The maximum absolute atomic E-state index is 12.4. The van der Waals surface area contributed by atoms with Crippen LogP contribution >= 0.6 is 0 Å². The summed E-state index contributed by atoms with van der Waals surface area (Å²) in [5, 5.41) is 0. The number of hydrogen-bond acceptors (Lipinski definition) is 2. The fourth-order valence-corrected chi connectivity index (χ4v) is 3.99. The van der Waals surface area contributed by atoms with Crippen LogP contribution in [-0.2, 0) is 10.2 Å². The molecule has 3 heteroatoms. The van der Waals surface area contributed by atoms with Crippen LogP contribution in [0.2, 0.25) is 0 Å². The summed E-state index contributed by atoms with van der Waals surface area (Å²) in [6, 6.07) is 8.53. The van der Waals surface area contributed by atoms with Crippen LogP contribution in [0.25, 0.3) is 0 Å². The van der Waals surface area contributed by atoms with Crippen molar-refractivity contribution in [2.24, 2.45) is 0 Å². The summed E-state index contributed by atoms with van der Waals surface area (Å²) in [5.41, 5.74) is 1.96. The zero-order chi connectivity index (χ0) is 18.7. The van der Waals surface area contributed by atoms with Gasteiger partial charge in [0.05, 0.1) is 25.7 Å². The number of nitrogens with zero attached hydrogens (tertiary/aromatic N) is 1. The third-order valence-corrected chi connectivity index (χ3v) is 5.59. The van der Waals surface area contributed by atoms with Gasteiger partial charge in [0.1, 0.15) is 12.6 Å². The van der Waals surface area contributed by atoms with Gasteiger partial charge in [-0.1, -0.05) is 39.3 Å². The maximum atomic E-state index is 12.4. The monoisotopic (exact) mass is 346 g/mol. The van der Waals surface area contributed by atoms with Crippen molar-refractivity contribution in [3.05, 3.63) is 35.4 Å². The Balaban J connectivity index is 1.93. The van der Waals surface area contributed by atoms with E-state index in [9.17, 15) is 4.79 Å². The van der Waals surface area contributed by atoms with E-state index in [2.05, 4.69) is 34.9 Å². The van der Waals surface area contributed by atoms with Crippen LogP contribution in [0.15, 0.2) is 24.3 Å². The average Bonchev–Trinajstić information content (AvgIpc) is 2.54. The summed E-state index contributed by atoms with van der Waals surface area (Å²) in [5.74, 6) is -0.211. The topological polar surface area (TPSA) is 26.3 Å². The number of ether oxygens (including phenoxy) is 1. The molecule has 0 bridgehead atoms. The number of carbonyl (C=O) groups is 1. The van der Waals surface area contributed by atoms with E-state index in [0.29, 0.717) is 11.6 Å². The van der Waals surface area contributed by atoms with Gasteiger partial charge in [-0.25, -0.2) is 4.79 Å². The van der Waals surface area contributed by atoms with Gasteiger partial charge in [0.2, 0.25) is 0 Å². The van der Waals surface area contributed by atoms with Crippen molar-refractivity contribution in [2.45, 2.75) is 77.4 Å². The van der Waals surface area contributed by atoms with Crippen LogP contribution in [0.5, 0.6) is 0 Å². The Labute approximate surface area is 154 Å². The van der Waals surface area contributed by atoms with E-state index >= 15 is 0 Å². The number of hydrogen-bond donors (Lipinski definition) is 0. The summed E-state index contributed by atoms with van der Waals surface area (Å²) in [4.78, 5) is 12.4. The van der Waals surface area contributed by atoms with Crippen LogP contribution < -0.4 is 0 Å². The minimum Gasteiger partial charge on any atom is -0.453 e. The highest BCUT2D eigenvalue weighted by atomic mass is 16.5. The predicted octanol–water partition coefficient (Wildman–Crippen LogP) is 4.94. The smallest absolute Gasteiger partial charge is 0.338 e. The Kier molecular flexibility index (Phi) is 6.31. The standard InChI is InChI=1S/C22H36NO2/c1-17(16-23(5,6)20-10-8-7-9-11-20)25-21(24)18-12-14-19(15-13-18)22(2,3)4/h12-15,17,20H,7-11,16H2,1-6H3/q+1/t17-/m0/s1. The number of quaternary nitrogens is 1. The predicted molar refractivity (Wildman–Crippen MR) is 104 cm³/mol. The van der Waals surface area contributed by atoms with E-state index in [1.54, 1.807) is 0 Å². The van der Waals surface area contributed by atoms with E-state index in [1.165, 1.54) is 37.7 Å². The molecule has 0 heterocycles. The summed E-state index contributed by atoms with van der Waals surface area (Å²) >= 11 is 0. The van der Waals surface area contributed by atoms with Gasteiger partial charge < -0.3 is 9.22 Å². The largest absolute Gasteiger partial charge is 0.453 e. The second-order valence-electron chi connectivity index (χ2n) is 9.30. The van der Waals surface area contributed by atoms with Crippen molar-refractivity contribution < 1.29 is 14.0 Å². The van der Waals surface area contributed by atoms with Crippen molar-refractivity contribution in [1.29, 1.82) is 0 Å². The lowest BCUT2D eigenvalue weighted by molar-refractivity contribution is -0.918. The second kappa shape index (κ2) is 7.90. The van der Waals surface area contributed by atoms with E-state index in [0.717, 1.165) is 11.0 Å². The van der Waals surface area contributed by atoms with E-state index in [-0.39, 0.29) is 17.5 Å². The highest BCUT2D eigenvalue weighted by Crippen LogP contribution is 2.26. The molecule has 0 amide bonds. The Bertz CT molecular complexity index is 563. The van der Waals surface area contributed by atoms with Crippen LogP contribution in [0.1, 0.15) is 75.7 Å². The summed E-state index contributed by atoms with van der Waals surface area (Å²) in [6.07, 6.45) is 6.54. The third kappa shape index (κ3) is 5.57. The van der Waals surface area contributed by atoms with Crippen molar-refractivity contribution in [2.75, 3.05) is 20.6 Å². The first kappa shape index (κ1) is 20.0. The summed E-state index contributed by atoms with van der Waals surface area (Å²) < 4.78 is 6.68. The van der Waals surface area contributed by atoms with Gasteiger partial charge in [-0.05, 0) is 55.7 Å². The van der Waals surface area contributed by atoms with Crippen LogP contribution in [0.4, 0.5) is 0 Å². The minimum absolute atomic E-state index is 0.0771. The number of esters is 1. The van der Waals surface area contributed by atoms with Crippen LogP contribution in [0, 0.1) is 0 Å². The average molecular weight is 347 g/mol. The number of likely N-dealkylation sites (N-methyl/N-ethyl adjacent to an activating group) is 1. The van der Waals surface area contributed by atoms with Gasteiger partial charge in [0.25, 0.3) is 0 Å². The first-order chi connectivity index (χ1) is 11.6. The molecule has 0 aliphatic heterocycles. The number of benzene rings is 1. The van der Waals surface area contributed by atoms with Gasteiger partial charge in [0, 0.05) is 0 Å². The van der Waals surface area contributed by atoms with Gasteiger partial charge in [-0.3, -0.25) is 0 Å². The molecule has 1 atom stereocenters. The molecule has 0 unspecified atom stereocenters. The fourth-order valence-electron chi connectivity index (χ4n) is 3.99. The zero-order valence-corrected chi connectivity index (χ0v) is 17.0. The maximum Gasteiger partial charge on any atom is 0.338 e. The molecule has 1 aliphatic carbocycles. The SMILES string of the molecule is C[C@@H](C[N+](C)(C)C1CCCCC1)OC(=O)c1ccc(C(C)(C)C)cc1. The molecular formula is C22H36NO2+. The lowest BCUT2D eigenvalue weighted by atomic mass is 9.87. The first-order valence-electron chi connectivity index (χ1n) is 9.74. The van der Waals surface area contributed by atoms with Crippen molar-refractivity contribution in [3.63, 3.8) is 0 Å². The lowest BCUT2D eigenvalue weighted by Crippen LogP contribution is -2.53. The molecule has 1 aromatic carbocycles. The molecule has 0 spiro atoms. The fraction of sp³-hybridized carbons (Fsp3) is 0.682. The number of carbonyl (C=O) groups excluding carboxylic acids is 1. The molecule has 0 saturated heterocycles. The quantitative estimate of drug-likeness (QED) is 0.558. The first-order valence-corrected chi connectivity index (χ1v) is 9.74. The Hall–Kier alpha value is -1.35. The molecule has 140 valence electrons. The molecule has 25 heavy (non-hydrogen) atoms. The zero-order valence-electron chi connectivity index (χ0n) is 17.0. The van der Waals surface area contributed by atoms with Gasteiger partial charge >= 0.3 is 5.97 Å². The second-order valence-corrected chi connectivity index (χ2v) is 9.30. The van der Waals surface area contributed by atoms with E-state index in [4.69, 9.17) is 4.74 Å². The Morgan fingerprint density at radius 3 is 2.20 bits per heavy atom. The molecule has 1 fully saturated rings. The van der Waals surface area contributed by atoms with Crippen LogP contribution in [0.3, 0.4) is 0 Å². The van der Waals surface area contributed by atoms with Crippen molar-refractivity contribution in [1.82, 2.24) is 0 Å². The van der Waals surface area contributed by atoms with E-state index in [1.807, 2.05) is 31.2 Å². The van der Waals surface area contributed by atoms with E-state index < -0.39 is 0 Å². The summed E-state index contributed by atoms with van der Waals surface area (Å²) in [7, 11) is 4.55. The molecule has 3 nitrogen and oxygen atoms in total. The minimum atomic E-state index is -0.211. The molecule has 0 radical (unpaired) electrons. The summed E-state index contributed by atoms with van der Waals surface area (Å²) in [6.45, 7) is 9.41. The Morgan fingerprint density at radius 2 is 1.68 bits per heavy atom. The van der Waals surface area contributed by atoms with Gasteiger partial charge in [0.15, 0.2) is 0 Å². The Morgan fingerprint density at radius 1 is 1.12 bits per heavy atom. The molecule has 0 aromatic heterocycles. The molecule has 1 aromatic rings. The third-order valence-electron chi connectivity index (χ3n) is 5.59. The highest BCUT2D eigenvalue weighted by Gasteiger charge is 2.32. The van der Waals surface area contributed by atoms with Crippen LogP contribution in [-0.4, -0.2) is 43.2 Å². The molecule has 0 N–H and O–H groups in total. The number of rotatable bonds is 5. The lowest BCUT2D eigenvalue weighted by Gasteiger charge is -2.41. The molecular weight excluding hydrogens is 310 g/mol.